The summed E-state index contributed by atoms with van der Waals surface area (Å²) in [5.41, 5.74) is 0.359. The van der Waals surface area contributed by atoms with Crippen LogP contribution in [-0.4, -0.2) is 41.1 Å². The summed E-state index contributed by atoms with van der Waals surface area (Å²) in [5, 5.41) is 7.55. The molecule has 4 rings (SSSR count). The molecule has 2 fully saturated rings. The average Bonchev–Trinajstić information content (AvgIpc) is 3.26. The van der Waals surface area contributed by atoms with Crippen LogP contribution >= 0.6 is 35.3 Å². The van der Waals surface area contributed by atoms with Crippen molar-refractivity contribution in [2.45, 2.75) is 43.8 Å². The van der Waals surface area contributed by atoms with Gasteiger partial charge in [0.1, 0.15) is 0 Å². The molecule has 2 aromatic heterocycles. The molecule has 2 aliphatic heterocycles. The number of hydrogen-bond acceptors (Lipinski definition) is 5. The van der Waals surface area contributed by atoms with Crippen molar-refractivity contribution in [2.75, 3.05) is 7.05 Å². The summed E-state index contributed by atoms with van der Waals surface area (Å²) in [7, 11) is 1.87. The van der Waals surface area contributed by atoms with E-state index >= 15 is 0 Å². The van der Waals surface area contributed by atoms with Crippen LogP contribution in [0.4, 0.5) is 0 Å². The third-order valence-corrected chi connectivity index (χ3v) is 6.11. The maximum absolute atomic E-state index is 12.7. The number of nitrogens with zero attached hydrogens (tertiary/aromatic N) is 2. The van der Waals surface area contributed by atoms with Crippen LogP contribution in [0.1, 0.15) is 36.2 Å². The highest BCUT2D eigenvalue weighted by molar-refractivity contribution is 7.19. The number of amides is 1. The summed E-state index contributed by atoms with van der Waals surface area (Å²) in [5.74, 6) is 0.512. The Labute approximate surface area is 155 Å². The van der Waals surface area contributed by atoms with Gasteiger partial charge in [-0.25, -0.2) is 0 Å². The van der Waals surface area contributed by atoms with Gasteiger partial charge in [-0.05, 0) is 37.8 Å². The van der Waals surface area contributed by atoms with Crippen molar-refractivity contribution in [3.05, 3.63) is 28.2 Å². The third kappa shape index (κ3) is 3.33. The van der Waals surface area contributed by atoms with Crippen LogP contribution in [-0.2, 0) is 0 Å². The van der Waals surface area contributed by atoms with E-state index in [0.29, 0.717) is 27.9 Å². The average molecular weight is 388 g/mol. The molecule has 0 radical (unpaired) electrons. The topological polar surface area (TPSA) is 58.4 Å². The lowest BCUT2D eigenvalue weighted by molar-refractivity contribution is 0.0671. The molecule has 0 saturated carbocycles. The molecule has 0 spiro atoms. The van der Waals surface area contributed by atoms with Gasteiger partial charge in [-0.2, -0.15) is 0 Å². The van der Waals surface area contributed by atoms with E-state index in [1.807, 2.05) is 24.1 Å². The van der Waals surface area contributed by atoms with Crippen molar-refractivity contribution in [3.8, 4) is 10.6 Å². The normalized spacial score (nSPS) is 25.3. The Balaban J connectivity index is 0.00000169. The van der Waals surface area contributed by atoms with Gasteiger partial charge in [-0.15, -0.1) is 23.7 Å². The van der Waals surface area contributed by atoms with E-state index in [0.717, 1.165) is 17.7 Å². The Morgan fingerprint density at radius 3 is 2.71 bits per heavy atom. The van der Waals surface area contributed by atoms with Crippen molar-refractivity contribution in [1.29, 1.82) is 0 Å². The highest BCUT2D eigenvalue weighted by Gasteiger charge is 2.37. The molecular formula is C16H19Cl2N3O2S. The number of aromatic nitrogens is 1. The molecule has 5 nitrogen and oxygen atoms in total. The lowest BCUT2D eigenvalue weighted by Gasteiger charge is -2.35. The standard InChI is InChI=1S/C16H18ClN3O2S.ClH/c1-20(11-6-9-2-3-10(7-11)18-9)16(21)12-8-13(22-19-12)14-4-5-15(17)23-14;/h4-5,8-11,18H,2-3,6-7H2,1H3;1H. The van der Waals surface area contributed by atoms with Crippen molar-refractivity contribution in [3.63, 3.8) is 0 Å². The zero-order chi connectivity index (χ0) is 16.0. The molecule has 8 heteroatoms. The van der Waals surface area contributed by atoms with E-state index in [2.05, 4.69) is 10.5 Å². The molecule has 2 unspecified atom stereocenters. The van der Waals surface area contributed by atoms with Crippen LogP contribution in [0.5, 0.6) is 0 Å². The highest BCUT2D eigenvalue weighted by Crippen LogP contribution is 2.32. The second-order valence-corrected chi connectivity index (χ2v) is 8.07. The third-order valence-electron chi connectivity index (χ3n) is 4.86. The second-order valence-electron chi connectivity index (χ2n) is 6.36. The van der Waals surface area contributed by atoms with Crippen LogP contribution in [0.3, 0.4) is 0 Å². The maximum Gasteiger partial charge on any atom is 0.276 e. The maximum atomic E-state index is 12.7. The predicted octanol–water partition coefficient (Wildman–Crippen LogP) is 3.83. The molecule has 2 saturated heterocycles. The van der Waals surface area contributed by atoms with Gasteiger partial charge in [0, 0.05) is 31.2 Å². The van der Waals surface area contributed by atoms with Gasteiger partial charge in [0.25, 0.3) is 5.91 Å². The molecule has 2 aliphatic rings. The number of hydrogen-bond donors (Lipinski definition) is 1. The van der Waals surface area contributed by atoms with Gasteiger partial charge >= 0.3 is 0 Å². The fraction of sp³-hybridized carbons (Fsp3) is 0.500. The van der Waals surface area contributed by atoms with Crippen molar-refractivity contribution in [1.82, 2.24) is 15.4 Å². The summed E-state index contributed by atoms with van der Waals surface area (Å²) in [6.45, 7) is 0. The number of thiophene rings is 1. The zero-order valence-corrected chi connectivity index (χ0v) is 15.6. The lowest BCUT2D eigenvalue weighted by Crippen LogP contribution is -2.48. The summed E-state index contributed by atoms with van der Waals surface area (Å²) >= 11 is 7.35. The number of piperidine rings is 1. The van der Waals surface area contributed by atoms with E-state index in [1.165, 1.54) is 24.2 Å². The molecule has 0 aliphatic carbocycles. The molecule has 0 aromatic carbocycles. The first-order valence-corrected chi connectivity index (χ1v) is 9.05. The van der Waals surface area contributed by atoms with Crippen LogP contribution < -0.4 is 5.32 Å². The lowest BCUT2D eigenvalue weighted by atomic mass is 9.98. The monoisotopic (exact) mass is 387 g/mol. The van der Waals surface area contributed by atoms with Crippen LogP contribution in [0, 0.1) is 0 Å². The predicted molar refractivity (Wildman–Crippen MR) is 97.1 cm³/mol. The first-order valence-electron chi connectivity index (χ1n) is 7.86. The fourth-order valence-corrected chi connectivity index (χ4v) is 4.62. The van der Waals surface area contributed by atoms with Gasteiger partial charge in [0.05, 0.1) is 9.21 Å². The smallest absolute Gasteiger partial charge is 0.276 e. The quantitative estimate of drug-likeness (QED) is 0.868. The Hall–Kier alpha value is -1.08. The Morgan fingerprint density at radius 1 is 1.38 bits per heavy atom. The van der Waals surface area contributed by atoms with E-state index in [-0.39, 0.29) is 24.4 Å². The van der Waals surface area contributed by atoms with Gasteiger partial charge < -0.3 is 14.7 Å². The summed E-state index contributed by atoms with van der Waals surface area (Å²) in [6, 6.07) is 6.76. The molecule has 1 amide bonds. The minimum atomic E-state index is -0.0750. The molecule has 2 atom stereocenters. The first kappa shape index (κ1) is 17.7. The van der Waals surface area contributed by atoms with E-state index < -0.39 is 0 Å². The van der Waals surface area contributed by atoms with Crippen molar-refractivity contribution >= 4 is 41.3 Å². The van der Waals surface area contributed by atoms with Crippen LogP contribution in [0.2, 0.25) is 4.34 Å². The van der Waals surface area contributed by atoms with Gasteiger partial charge in [0.2, 0.25) is 0 Å². The number of carbonyl (C=O) groups excluding carboxylic acids is 1. The molecule has 2 aromatic rings. The number of rotatable bonds is 3. The minimum Gasteiger partial charge on any atom is -0.355 e. The van der Waals surface area contributed by atoms with Gasteiger partial charge in [-0.1, -0.05) is 16.8 Å². The summed E-state index contributed by atoms with van der Waals surface area (Å²) in [4.78, 5) is 15.4. The van der Waals surface area contributed by atoms with Gasteiger partial charge in [-0.3, -0.25) is 4.79 Å². The van der Waals surface area contributed by atoms with Crippen molar-refractivity contribution in [2.24, 2.45) is 0 Å². The Morgan fingerprint density at radius 2 is 2.08 bits per heavy atom. The zero-order valence-electron chi connectivity index (χ0n) is 13.2. The van der Waals surface area contributed by atoms with Crippen LogP contribution in [0.25, 0.3) is 10.6 Å². The first-order chi connectivity index (χ1) is 11.1. The van der Waals surface area contributed by atoms with Gasteiger partial charge in [0.15, 0.2) is 11.5 Å². The summed E-state index contributed by atoms with van der Waals surface area (Å²) < 4.78 is 6.01. The van der Waals surface area contributed by atoms with Crippen LogP contribution in [0.15, 0.2) is 22.7 Å². The van der Waals surface area contributed by atoms with E-state index in [1.54, 1.807) is 6.07 Å². The molecule has 1 N–H and O–H groups in total. The molecular weight excluding hydrogens is 369 g/mol. The number of carbonyl (C=O) groups is 1. The Bertz CT molecular complexity index is 720. The highest BCUT2D eigenvalue weighted by atomic mass is 35.5. The molecule has 4 heterocycles. The SMILES string of the molecule is CN(C(=O)c1cc(-c2ccc(Cl)s2)on1)C1CC2CCC(C1)N2.Cl. The van der Waals surface area contributed by atoms with E-state index in [9.17, 15) is 4.79 Å². The van der Waals surface area contributed by atoms with E-state index in [4.69, 9.17) is 16.1 Å². The number of fused-ring (bicyclic) bond motifs is 2. The largest absolute Gasteiger partial charge is 0.355 e. The second kappa shape index (κ2) is 7.04. The van der Waals surface area contributed by atoms with Crippen molar-refractivity contribution < 1.29 is 9.32 Å². The molecule has 24 heavy (non-hydrogen) atoms. The molecule has 130 valence electrons. The number of halogens is 2. The minimum absolute atomic E-state index is 0. The Kier molecular flexibility index (Phi) is 5.20. The molecule has 2 bridgehead atoms. The summed E-state index contributed by atoms with van der Waals surface area (Å²) in [6.07, 6.45) is 4.47. The number of nitrogens with one attached hydrogen (secondary N) is 1. The fourth-order valence-electron chi connectivity index (χ4n) is 3.63.